The molecule has 1 aromatic carbocycles. The molecule has 0 saturated carbocycles. The van der Waals surface area contributed by atoms with Crippen molar-refractivity contribution in [3.63, 3.8) is 0 Å². The summed E-state index contributed by atoms with van der Waals surface area (Å²) in [5.41, 5.74) is 1.89. The first-order valence-electron chi connectivity index (χ1n) is 6.71. The lowest BCUT2D eigenvalue weighted by Gasteiger charge is -2.31. The molecule has 0 spiro atoms. The molecule has 1 saturated heterocycles. The Kier molecular flexibility index (Phi) is 3.44. The number of nitrogens with one attached hydrogen (secondary N) is 1. The molecule has 4 heteroatoms. The van der Waals surface area contributed by atoms with Crippen LogP contribution in [0.5, 0.6) is 0 Å². The lowest BCUT2D eigenvalue weighted by atomic mass is 10.1. The maximum absolute atomic E-state index is 13.7. The summed E-state index contributed by atoms with van der Waals surface area (Å²) in [6.07, 6.45) is 1.77. The van der Waals surface area contributed by atoms with Gasteiger partial charge in [0.1, 0.15) is 5.82 Å². The van der Waals surface area contributed by atoms with Crippen molar-refractivity contribution in [3.05, 3.63) is 41.8 Å². The average molecular weight is 259 g/mol. The van der Waals surface area contributed by atoms with Crippen LogP contribution in [0.25, 0.3) is 10.9 Å². The van der Waals surface area contributed by atoms with Gasteiger partial charge in [-0.05, 0) is 30.7 Å². The van der Waals surface area contributed by atoms with Gasteiger partial charge in [0, 0.05) is 43.8 Å². The van der Waals surface area contributed by atoms with Crippen molar-refractivity contribution in [2.24, 2.45) is 0 Å². The molecule has 2 aromatic rings. The van der Waals surface area contributed by atoms with Gasteiger partial charge >= 0.3 is 0 Å². The number of pyridine rings is 1. The third kappa shape index (κ3) is 2.74. The summed E-state index contributed by atoms with van der Waals surface area (Å²) < 4.78 is 13.7. The van der Waals surface area contributed by atoms with Crippen molar-refractivity contribution in [1.82, 2.24) is 15.2 Å². The summed E-state index contributed by atoms with van der Waals surface area (Å²) in [7, 11) is 0. The monoisotopic (exact) mass is 259 g/mol. The second kappa shape index (κ2) is 5.23. The average Bonchev–Trinajstić information content (AvgIpc) is 2.38. The van der Waals surface area contributed by atoms with Crippen molar-refractivity contribution < 1.29 is 4.39 Å². The van der Waals surface area contributed by atoms with Gasteiger partial charge in [0.05, 0.1) is 5.52 Å². The zero-order valence-electron chi connectivity index (χ0n) is 11.1. The predicted octanol–water partition coefficient (Wildman–Crippen LogP) is 2.17. The Bertz CT molecular complexity index is 585. The fraction of sp³-hybridized carbons (Fsp3) is 0.400. The minimum Gasteiger partial charge on any atom is -0.312 e. The third-order valence-corrected chi connectivity index (χ3v) is 3.60. The molecule has 0 amide bonds. The Morgan fingerprint density at radius 1 is 1.47 bits per heavy atom. The molecule has 1 aromatic heterocycles. The lowest BCUT2D eigenvalue weighted by Crippen LogP contribution is -2.48. The van der Waals surface area contributed by atoms with Crippen LogP contribution in [0.2, 0.25) is 0 Å². The van der Waals surface area contributed by atoms with Crippen molar-refractivity contribution >= 4 is 10.9 Å². The lowest BCUT2D eigenvalue weighted by molar-refractivity contribution is 0.200. The van der Waals surface area contributed by atoms with E-state index in [0.29, 0.717) is 6.04 Å². The Labute approximate surface area is 112 Å². The molecule has 0 bridgehead atoms. The molecule has 0 radical (unpaired) electrons. The summed E-state index contributed by atoms with van der Waals surface area (Å²) in [5.74, 6) is -0.182. The fourth-order valence-electron chi connectivity index (χ4n) is 2.74. The van der Waals surface area contributed by atoms with E-state index in [-0.39, 0.29) is 5.82 Å². The van der Waals surface area contributed by atoms with E-state index in [1.54, 1.807) is 18.3 Å². The molecule has 3 nitrogen and oxygen atoms in total. The van der Waals surface area contributed by atoms with Crippen LogP contribution in [0.1, 0.15) is 12.5 Å². The molecule has 1 atom stereocenters. The van der Waals surface area contributed by atoms with E-state index in [4.69, 9.17) is 0 Å². The first-order valence-corrected chi connectivity index (χ1v) is 6.71. The number of fused-ring (bicyclic) bond motifs is 1. The number of rotatable bonds is 2. The van der Waals surface area contributed by atoms with E-state index < -0.39 is 0 Å². The molecular formula is C15H18FN3. The summed E-state index contributed by atoms with van der Waals surface area (Å²) in [6.45, 7) is 5.91. The van der Waals surface area contributed by atoms with Gasteiger partial charge < -0.3 is 5.32 Å². The number of hydrogen-bond acceptors (Lipinski definition) is 3. The van der Waals surface area contributed by atoms with Crippen LogP contribution in [0, 0.1) is 5.82 Å². The van der Waals surface area contributed by atoms with Crippen molar-refractivity contribution in [2.45, 2.75) is 19.5 Å². The van der Waals surface area contributed by atoms with E-state index in [1.807, 2.05) is 12.1 Å². The molecule has 1 N–H and O–H groups in total. The number of halogens is 1. The van der Waals surface area contributed by atoms with Crippen molar-refractivity contribution in [3.8, 4) is 0 Å². The summed E-state index contributed by atoms with van der Waals surface area (Å²) in [4.78, 5) is 6.75. The van der Waals surface area contributed by atoms with Gasteiger partial charge in [-0.2, -0.15) is 0 Å². The Morgan fingerprint density at radius 3 is 3.21 bits per heavy atom. The molecule has 1 unspecified atom stereocenters. The molecular weight excluding hydrogens is 241 g/mol. The van der Waals surface area contributed by atoms with E-state index in [9.17, 15) is 4.39 Å². The summed E-state index contributed by atoms with van der Waals surface area (Å²) >= 11 is 0. The van der Waals surface area contributed by atoms with Crippen LogP contribution >= 0.6 is 0 Å². The van der Waals surface area contributed by atoms with E-state index in [2.05, 4.69) is 22.1 Å². The molecule has 1 aliphatic rings. The van der Waals surface area contributed by atoms with Crippen LogP contribution in [0.3, 0.4) is 0 Å². The third-order valence-electron chi connectivity index (χ3n) is 3.60. The number of nitrogens with zero attached hydrogens (tertiary/aromatic N) is 2. The zero-order chi connectivity index (χ0) is 13.2. The number of aromatic nitrogens is 1. The predicted molar refractivity (Wildman–Crippen MR) is 74.4 cm³/mol. The van der Waals surface area contributed by atoms with Gasteiger partial charge in [0.15, 0.2) is 0 Å². The van der Waals surface area contributed by atoms with E-state index >= 15 is 0 Å². The quantitative estimate of drug-likeness (QED) is 0.896. The number of benzene rings is 1. The first-order chi connectivity index (χ1) is 9.22. The van der Waals surface area contributed by atoms with Gasteiger partial charge in [0.25, 0.3) is 0 Å². The van der Waals surface area contributed by atoms with Gasteiger partial charge in [0.2, 0.25) is 0 Å². The highest BCUT2D eigenvalue weighted by Gasteiger charge is 2.17. The normalized spacial score (nSPS) is 20.8. The largest absolute Gasteiger partial charge is 0.312 e. The first kappa shape index (κ1) is 12.5. The summed E-state index contributed by atoms with van der Waals surface area (Å²) in [6, 6.07) is 7.41. The van der Waals surface area contributed by atoms with Gasteiger partial charge in [-0.25, -0.2) is 4.39 Å². The van der Waals surface area contributed by atoms with Crippen LogP contribution in [0.15, 0.2) is 30.5 Å². The Hall–Kier alpha value is -1.52. The van der Waals surface area contributed by atoms with E-state index in [0.717, 1.165) is 42.6 Å². The zero-order valence-corrected chi connectivity index (χ0v) is 11.1. The van der Waals surface area contributed by atoms with Crippen molar-refractivity contribution in [1.29, 1.82) is 0 Å². The van der Waals surface area contributed by atoms with Gasteiger partial charge in [-0.1, -0.05) is 6.07 Å². The number of piperazine rings is 1. The Balaban J connectivity index is 1.91. The molecule has 1 fully saturated rings. The molecule has 0 aliphatic carbocycles. The summed E-state index contributed by atoms with van der Waals surface area (Å²) in [5, 5.41) is 4.29. The van der Waals surface area contributed by atoms with Crippen molar-refractivity contribution in [2.75, 3.05) is 19.6 Å². The minimum atomic E-state index is -0.182. The maximum Gasteiger partial charge on any atom is 0.124 e. The van der Waals surface area contributed by atoms with Gasteiger partial charge in [-0.15, -0.1) is 0 Å². The topological polar surface area (TPSA) is 28.2 Å². The van der Waals surface area contributed by atoms with Crippen LogP contribution in [0.4, 0.5) is 4.39 Å². The smallest absolute Gasteiger partial charge is 0.124 e. The van der Waals surface area contributed by atoms with Crippen LogP contribution in [-0.4, -0.2) is 35.6 Å². The van der Waals surface area contributed by atoms with E-state index in [1.165, 1.54) is 0 Å². The molecule has 1 aliphatic heterocycles. The maximum atomic E-state index is 13.7. The minimum absolute atomic E-state index is 0.182. The standard InChI is InChI=1S/C15H18FN3/c1-11-9-19(6-5-17-11)10-13-8-14(16)7-12-3-2-4-18-15(12)13/h2-4,7-8,11,17H,5-6,9-10H2,1H3. The highest BCUT2D eigenvalue weighted by Crippen LogP contribution is 2.20. The second-order valence-electron chi connectivity index (χ2n) is 5.23. The SMILES string of the molecule is CC1CN(Cc2cc(F)cc3cccnc23)CCN1. The molecule has 19 heavy (non-hydrogen) atoms. The highest BCUT2D eigenvalue weighted by atomic mass is 19.1. The van der Waals surface area contributed by atoms with Crippen LogP contribution < -0.4 is 5.32 Å². The highest BCUT2D eigenvalue weighted by molar-refractivity contribution is 5.81. The molecule has 100 valence electrons. The second-order valence-corrected chi connectivity index (χ2v) is 5.23. The van der Waals surface area contributed by atoms with Crippen LogP contribution in [-0.2, 0) is 6.54 Å². The Morgan fingerprint density at radius 2 is 2.37 bits per heavy atom. The van der Waals surface area contributed by atoms with Gasteiger partial charge in [-0.3, -0.25) is 9.88 Å². The molecule has 3 rings (SSSR count). The number of hydrogen-bond donors (Lipinski definition) is 1. The molecule has 2 heterocycles. The fourth-order valence-corrected chi connectivity index (χ4v) is 2.74.